The molecule has 0 radical (unpaired) electrons. The number of anilines is 1. The molecule has 0 bridgehead atoms. The molecular formula is C14H18Cl3N. The molecule has 1 aliphatic carbocycles. The predicted octanol–water partition coefficient (Wildman–Crippen LogP) is 5.88. The summed E-state index contributed by atoms with van der Waals surface area (Å²) < 4.78 is 0. The third kappa shape index (κ3) is 3.26. The van der Waals surface area contributed by atoms with Crippen LogP contribution < -0.4 is 5.32 Å². The molecule has 1 aromatic carbocycles. The van der Waals surface area contributed by atoms with E-state index in [9.17, 15) is 0 Å². The van der Waals surface area contributed by atoms with Crippen LogP contribution in [0, 0.1) is 11.8 Å². The standard InChI is InChI=1S/C14H18Cl3N/c1-8-3-4-9(2)13(5-8)18-14-7-11(16)10(15)6-12(14)17/h6-9,13,18H,3-5H2,1-2H3. The fraction of sp³-hybridized carbons (Fsp3) is 0.571. The Labute approximate surface area is 124 Å². The lowest BCUT2D eigenvalue weighted by Crippen LogP contribution is -2.33. The molecule has 0 aliphatic heterocycles. The van der Waals surface area contributed by atoms with Crippen LogP contribution >= 0.6 is 34.8 Å². The molecule has 1 fully saturated rings. The number of halogens is 3. The number of hydrogen-bond acceptors (Lipinski definition) is 1. The zero-order chi connectivity index (χ0) is 13.3. The molecule has 3 unspecified atom stereocenters. The van der Waals surface area contributed by atoms with Gasteiger partial charge in [0.15, 0.2) is 0 Å². The smallest absolute Gasteiger partial charge is 0.0653 e. The van der Waals surface area contributed by atoms with E-state index >= 15 is 0 Å². The molecule has 1 aliphatic rings. The maximum absolute atomic E-state index is 6.20. The van der Waals surface area contributed by atoms with Crippen molar-refractivity contribution in [2.24, 2.45) is 11.8 Å². The van der Waals surface area contributed by atoms with Crippen molar-refractivity contribution in [2.45, 2.75) is 39.2 Å². The van der Waals surface area contributed by atoms with Gasteiger partial charge in [-0.2, -0.15) is 0 Å². The Kier molecular flexibility index (Phi) is 4.69. The van der Waals surface area contributed by atoms with Crippen molar-refractivity contribution in [3.63, 3.8) is 0 Å². The van der Waals surface area contributed by atoms with Crippen LogP contribution in [0.4, 0.5) is 5.69 Å². The van der Waals surface area contributed by atoms with E-state index in [1.54, 1.807) is 6.07 Å². The lowest BCUT2D eigenvalue weighted by Gasteiger charge is -2.34. The SMILES string of the molecule is CC1CCC(C)C(Nc2cc(Cl)c(Cl)cc2Cl)C1. The lowest BCUT2D eigenvalue weighted by atomic mass is 9.80. The first-order valence-corrected chi connectivity index (χ1v) is 7.52. The fourth-order valence-corrected chi connectivity index (χ4v) is 3.17. The molecule has 18 heavy (non-hydrogen) atoms. The summed E-state index contributed by atoms with van der Waals surface area (Å²) in [5.41, 5.74) is 0.886. The van der Waals surface area contributed by atoms with Gasteiger partial charge in [0.1, 0.15) is 0 Å². The third-order valence-corrected chi connectivity index (χ3v) is 4.84. The van der Waals surface area contributed by atoms with E-state index in [2.05, 4.69) is 19.2 Å². The first-order chi connectivity index (χ1) is 8.47. The molecule has 0 saturated heterocycles. The predicted molar refractivity (Wildman–Crippen MR) is 81.1 cm³/mol. The first-order valence-electron chi connectivity index (χ1n) is 6.38. The summed E-state index contributed by atoms with van der Waals surface area (Å²) in [4.78, 5) is 0. The van der Waals surface area contributed by atoms with Crippen LogP contribution in [0.15, 0.2) is 12.1 Å². The molecule has 1 N–H and O–H groups in total. The van der Waals surface area contributed by atoms with Crippen molar-refractivity contribution in [2.75, 3.05) is 5.32 Å². The maximum atomic E-state index is 6.20. The van der Waals surface area contributed by atoms with Crippen LogP contribution in [0.25, 0.3) is 0 Å². The van der Waals surface area contributed by atoms with E-state index < -0.39 is 0 Å². The monoisotopic (exact) mass is 305 g/mol. The second-order valence-corrected chi connectivity index (χ2v) is 6.61. The summed E-state index contributed by atoms with van der Waals surface area (Å²) in [6, 6.07) is 3.98. The number of hydrogen-bond donors (Lipinski definition) is 1. The van der Waals surface area contributed by atoms with E-state index in [-0.39, 0.29) is 0 Å². The molecule has 1 saturated carbocycles. The van der Waals surface area contributed by atoms with Gasteiger partial charge in [0, 0.05) is 6.04 Å². The van der Waals surface area contributed by atoms with Gasteiger partial charge in [-0.1, -0.05) is 55.1 Å². The van der Waals surface area contributed by atoms with Crippen LogP contribution in [-0.2, 0) is 0 Å². The number of rotatable bonds is 2. The number of benzene rings is 1. The third-order valence-electron chi connectivity index (χ3n) is 3.81. The van der Waals surface area contributed by atoms with E-state index in [1.165, 1.54) is 19.3 Å². The van der Waals surface area contributed by atoms with Crippen LogP contribution in [0.5, 0.6) is 0 Å². The molecule has 0 spiro atoms. The summed E-state index contributed by atoms with van der Waals surface area (Å²) in [7, 11) is 0. The quantitative estimate of drug-likeness (QED) is 0.672. The van der Waals surface area contributed by atoms with Crippen molar-refractivity contribution in [1.82, 2.24) is 0 Å². The highest BCUT2D eigenvalue weighted by Gasteiger charge is 2.25. The fourth-order valence-electron chi connectivity index (χ4n) is 2.57. The Morgan fingerprint density at radius 1 is 1.00 bits per heavy atom. The Hall–Kier alpha value is -0.110. The summed E-state index contributed by atoms with van der Waals surface area (Å²) >= 11 is 18.2. The van der Waals surface area contributed by atoms with Gasteiger partial charge in [-0.3, -0.25) is 0 Å². The Morgan fingerprint density at radius 2 is 1.67 bits per heavy atom. The van der Waals surface area contributed by atoms with Crippen molar-refractivity contribution < 1.29 is 0 Å². The second kappa shape index (κ2) is 5.90. The molecule has 1 aromatic rings. The minimum Gasteiger partial charge on any atom is -0.381 e. The van der Waals surface area contributed by atoms with E-state index in [1.807, 2.05) is 6.07 Å². The second-order valence-electron chi connectivity index (χ2n) is 5.39. The van der Waals surface area contributed by atoms with Crippen LogP contribution in [-0.4, -0.2) is 6.04 Å². The Balaban J connectivity index is 2.15. The molecule has 4 heteroatoms. The largest absolute Gasteiger partial charge is 0.381 e. The van der Waals surface area contributed by atoms with Gasteiger partial charge in [0.25, 0.3) is 0 Å². The summed E-state index contributed by atoms with van der Waals surface area (Å²) in [5.74, 6) is 1.42. The van der Waals surface area contributed by atoms with Crippen LogP contribution in [0.1, 0.15) is 33.1 Å². The average molecular weight is 307 g/mol. The normalized spacial score (nSPS) is 28.2. The molecule has 100 valence electrons. The van der Waals surface area contributed by atoms with Gasteiger partial charge in [-0.15, -0.1) is 0 Å². The molecular weight excluding hydrogens is 289 g/mol. The average Bonchev–Trinajstić information content (AvgIpc) is 2.30. The topological polar surface area (TPSA) is 12.0 Å². The Bertz CT molecular complexity index is 433. The summed E-state index contributed by atoms with van der Waals surface area (Å²) in [5, 5.41) is 5.20. The molecule has 0 heterocycles. The molecule has 2 rings (SSSR count). The van der Waals surface area contributed by atoms with Gasteiger partial charge in [-0.05, 0) is 36.8 Å². The van der Waals surface area contributed by atoms with Gasteiger partial charge >= 0.3 is 0 Å². The first kappa shape index (κ1) is 14.3. The maximum Gasteiger partial charge on any atom is 0.0653 e. The van der Waals surface area contributed by atoms with Crippen molar-refractivity contribution in [1.29, 1.82) is 0 Å². The van der Waals surface area contributed by atoms with E-state index in [0.29, 0.717) is 27.0 Å². The van der Waals surface area contributed by atoms with Crippen LogP contribution in [0.2, 0.25) is 15.1 Å². The number of nitrogens with one attached hydrogen (secondary N) is 1. The molecule has 0 aromatic heterocycles. The zero-order valence-corrected chi connectivity index (χ0v) is 12.9. The lowest BCUT2D eigenvalue weighted by molar-refractivity contribution is 0.281. The minimum absolute atomic E-state index is 0.462. The van der Waals surface area contributed by atoms with E-state index in [4.69, 9.17) is 34.8 Å². The highest BCUT2D eigenvalue weighted by Crippen LogP contribution is 2.36. The molecule has 0 amide bonds. The van der Waals surface area contributed by atoms with Crippen LogP contribution in [0.3, 0.4) is 0 Å². The Morgan fingerprint density at radius 3 is 2.39 bits per heavy atom. The molecule has 1 nitrogen and oxygen atoms in total. The van der Waals surface area contributed by atoms with Crippen molar-refractivity contribution in [3.8, 4) is 0 Å². The summed E-state index contributed by atoms with van der Waals surface area (Å²) in [6.07, 6.45) is 3.75. The van der Waals surface area contributed by atoms with E-state index in [0.717, 1.165) is 11.6 Å². The van der Waals surface area contributed by atoms with Gasteiger partial charge < -0.3 is 5.32 Å². The summed E-state index contributed by atoms with van der Waals surface area (Å²) in [6.45, 7) is 4.59. The highest BCUT2D eigenvalue weighted by molar-refractivity contribution is 6.44. The van der Waals surface area contributed by atoms with Crippen molar-refractivity contribution >= 4 is 40.5 Å². The molecule has 3 atom stereocenters. The zero-order valence-electron chi connectivity index (χ0n) is 10.6. The van der Waals surface area contributed by atoms with Gasteiger partial charge in [-0.25, -0.2) is 0 Å². The van der Waals surface area contributed by atoms with Crippen molar-refractivity contribution in [3.05, 3.63) is 27.2 Å². The van der Waals surface area contributed by atoms with Gasteiger partial charge in [0.2, 0.25) is 0 Å². The van der Waals surface area contributed by atoms with Gasteiger partial charge in [0.05, 0.1) is 20.8 Å². The highest BCUT2D eigenvalue weighted by atomic mass is 35.5. The minimum atomic E-state index is 0.462.